The minimum atomic E-state index is -0.809. The zero-order valence-corrected chi connectivity index (χ0v) is 46.5. The Kier molecular flexibility index (Phi) is 55.9. The van der Waals surface area contributed by atoms with Crippen molar-refractivity contribution < 1.29 is 28.6 Å². The van der Waals surface area contributed by atoms with E-state index in [1.54, 1.807) is 0 Å². The minimum absolute atomic E-state index is 0.0999. The molecule has 1 atom stereocenters. The molecule has 0 saturated heterocycles. The smallest absolute Gasteiger partial charge is 0.306 e. The highest BCUT2D eigenvalue weighted by atomic mass is 16.6. The molecule has 406 valence electrons. The SMILES string of the molecule is CC/C=C\C/C=C\C/C=C\C/C=C\C/C=C\CCCC(=O)OC(COC(=O)CCCCCCCCCCC/C=C\C/C=C\C/C=C\CC)COC(=O)CCCCCCCCCCCCCCCCCCC. The van der Waals surface area contributed by atoms with Crippen LogP contribution in [0, 0.1) is 0 Å². The first-order valence-electron chi connectivity index (χ1n) is 29.7. The van der Waals surface area contributed by atoms with Gasteiger partial charge in [-0.15, -0.1) is 0 Å². The summed E-state index contributed by atoms with van der Waals surface area (Å²) in [6, 6.07) is 0. The van der Waals surface area contributed by atoms with Crippen LogP contribution in [0.2, 0.25) is 0 Å². The minimum Gasteiger partial charge on any atom is -0.462 e. The third kappa shape index (κ3) is 57.1. The van der Waals surface area contributed by atoms with Crippen LogP contribution in [0.1, 0.15) is 278 Å². The van der Waals surface area contributed by atoms with Crippen molar-refractivity contribution in [3.8, 4) is 0 Å². The summed E-state index contributed by atoms with van der Waals surface area (Å²) in [7, 11) is 0. The summed E-state index contributed by atoms with van der Waals surface area (Å²) in [4.78, 5) is 38.2. The van der Waals surface area contributed by atoms with E-state index >= 15 is 0 Å². The molecule has 0 aromatic carbocycles. The second kappa shape index (κ2) is 58.9. The Morgan fingerprint density at radius 3 is 0.901 bits per heavy atom. The average molecular weight is 988 g/mol. The molecule has 0 radical (unpaired) electrons. The van der Waals surface area contributed by atoms with E-state index in [2.05, 4.69) is 118 Å². The lowest BCUT2D eigenvalue weighted by Gasteiger charge is -2.18. The maximum absolute atomic E-state index is 12.9. The van der Waals surface area contributed by atoms with Gasteiger partial charge in [-0.25, -0.2) is 0 Å². The number of ether oxygens (including phenoxy) is 3. The van der Waals surface area contributed by atoms with Gasteiger partial charge in [0.2, 0.25) is 0 Å². The van der Waals surface area contributed by atoms with Gasteiger partial charge in [0.25, 0.3) is 0 Å². The van der Waals surface area contributed by atoms with Gasteiger partial charge in [-0.05, 0) is 89.9 Å². The van der Waals surface area contributed by atoms with Gasteiger partial charge < -0.3 is 14.2 Å². The molecular formula is C65H110O6. The number of allylic oxidation sites excluding steroid dienone is 16. The summed E-state index contributed by atoms with van der Waals surface area (Å²) in [6.45, 7) is 6.39. The second-order valence-corrected chi connectivity index (χ2v) is 19.5. The number of hydrogen-bond acceptors (Lipinski definition) is 6. The highest BCUT2D eigenvalue weighted by molar-refractivity contribution is 5.71. The molecule has 0 bridgehead atoms. The molecule has 0 aliphatic rings. The van der Waals surface area contributed by atoms with Gasteiger partial charge in [-0.3, -0.25) is 14.4 Å². The quantitative estimate of drug-likeness (QED) is 0.0261. The third-order valence-electron chi connectivity index (χ3n) is 12.6. The van der Waals surface area contributed by atoms with Crippen LogP contribution in [0.15, 0.2) is 97.2 Å². The van der Waals surface area contributed by atoms with Gasteiger partial charge in [0.15, 0.2) is 6.10 Å². The van der Waals surface area contributed by atoms with Gasteiger partial charge in [-0.2, -0.15) is 0 Å². The fourth-order valence-corrected chi connectivity index (χ4v) is 8.20. The Hall–Kier alpha value is -3.67. The monoisotopic (exact) mass is 987 g/mol. The highest BCUT2D eigenvalue weighted by Crippen LogP contribution is 2.16. The third-order valence-corrected chi connectivity index (χ3v) is 12.6. The lowest BCUT2D eigenvalue weighted by Crippen LogP contribution is -2.30. The summed E-state index contributed by atoms with van der Waals surface area (Å²) in [5.74, 6) is -0.957. The summed E-state index contributed by atoms with van der Waals surface area (Å²) < 4.78 is 16.8. The molecule has 0 saturated carbocycles. The molecular weight excluding hydrogens is 877 g/mol. The lowest BCUT2D eigenvalue weighted by atomic mass is 10.0. The van der Waals surface area contributed by atoms with Crippen LogP contribution in [-0.2, 0) is 28.6 Å². The Labute approximate surface area is 438 Å². The first kappa shape index (κ1) is 67.3. The topological polar surface area (TPSA) is 78.9 Å². The zero-order chi connectivity index (χ0) is 51.4. The predicted octanol–water partition coefficient (Wildman–Crippen LogP) is 20.1. The van der Waals surface area contributed by atoms with Crippen LogP contribution in [0.25, 0.3) is 0 Å². The summed E-state index contributed by atoms with van der Waals surface area (Å²) in [6.07, 6.45) is 78.3. The van der Waals surface area contributed by atoms with Crippen molar-refractivity contribution in [1.82, 2.24) is 0 Å². The molecule has 6 heteroatoms. The summed E-state index contributed by atoms with van der Waals surface area (Å²) in [5.41, 5.74) is 0. The predicted molar refractivity (Wildman–Crippen MR) is 307 cm³/mol. The number of carbonyl (C=O) groups excluding carboxylic acids is 3. The van der Waals surface area contributed by atoms with Crippen LogP contribution in [0.3, 0.4) is 0 Å². The van der Waals surface area contributed by atoms with Crippen LogP contribution >= 0.6 is 0 Å². The van der Waals surface area contributed by atoms with E-state index in [4.69, 9.17) is 14.2 Å². The molecule has 0 amide bonds. The van der Waals surface area contributed by atoms with Crippen LogP contribution in [-0.4, -0.2) is 37.2 Å². The first-order valence-corrected chi connectivity index (χ1v) is 29.7. The van der Waals surface area contributed by atoms with Gasteiger partial charge >= 0.3 is 17.9 Å². The number of carbonyl (C=O) groups is 3. The van der Waals surface area contributed by atoms with Gasteiger partial charge in [0, 0.05) is 19.3 Å². The van der Waals surface area contributed by atoms with E-state index in [0.717, 1.165) is 96.3 Å². The van der Waals surface area contributed by atoms with Crippen LogP contribution in [0.5, 0.6) is 0 Å². The first-order chi connectivity index (χ1) is 35.0. The Morgan fingerprint density at radius 1 is 0.296 bits per heavy atom. The van der Waals surface area contributed by atoms with E-state index in [1.807, 2.05) is 0 Å². The second-order valence-electron chi connectivity index (χ2n) is 19.5. The van der Waals surface area contributed by atoms with Gasteiger partial charge in [-0.1, -0.05) is 266 Å². The van der Waals surface area contributed by atoms with E-state index in [-0.39, 0.29) is 37.5 Å². The van der Waals surface area contributed by atoms with Crippen LogP contribution < -0.4 is 0 Å². The van der Waals surface area contributed by atoms with Gasteiger partial charge in [0.05, 0.1) is 0 Å². The molecule has 0 heterocycles. The van der Waals surface area contributed by atoms with E-state index in [0.29, 0.717) is 19.3 Å². The largest absolute Gasteiger partial charge is 0.462 e. The molecule has 1 unspecified atom stereocenters. The van der Waals surface area contributed by atoms with Crippen molar-refractivity contribution in [2.75, 3.05) is 13.2 Å². The van der Waals surface area contributed by atoms with Crippen molar-refractivity contribution in [3.05, 3.63) is 97.2 Å². The van der Waals surface area contributed by atoms with Crippen molar-refractivity contribution in [2.45, 2.75) is 284 Å². The summed E-state index contributed by atoms with van der Waals surface area (Å²) >= 11 is 0. The summed E-state index contributed by atoms with van der Waals surface area (Å²) in [5, 5.41) is 0. The molecule has 0 aliphatic heterocycles. The zero-order valence-electron chi connectivity index (χ0n) is 46.5. The maximum Gasteiger partial charge on any atom is 0.306 e. The Balaban J connectivity index is 4.45. The molecule has 71 heavy (non-hydrogen) atoms. The lowest BCUT2D eigenvalue weighted by molar-refractivity contribution is -0.167. The molecule has 0 aromatic heterocycles. The normalized spacial score (nSPS) is 12.8. The number of unbranched alkanes of at least 4 members (excludes halogenated alkanes) is 26. The maximum atomic E-state index is 12.9. The molecule has 0 N–H and O–H groups in total. The standard InChI is InChI=1S/C65H110O6/c1-4-7-10-13-16-19-22-25-28-31-32-35-37-40-43-46-49-52-55-58-64(67)70-61-62(71-65(68)59-56-53-50-47-44-41-38-34-30-27-24-21-18-15-12-9-6-3)60-69-63(66)57-54-51-48-45-42-39-36-33-29-26-23-20-17-14-11-8-5-2/h7,9-10,12,16,18-19,21,25,27-28,30,38,41,47,50,62H,4-6,8,11,13-15,17,20,22-24,26,29,31-37,39-40,42-46,48-49,51-61H2,1-3H3/b10-7-,12-9-,19-16-,21-18-,28-25-,30-27-,41-38-,50-47-. The molecule has 0 fully saturated rings. The number of esters is 3. The molecule has 0 aliphatic carbocycles. The van der Waals surface area contributed by atoms with Crippen molar-refractivity contribution >= 4 is 17.9 Å². The Morgan fingerprint density at radius 2 is 0.563 bits per heavy atom. The molecule has 6 nitrogen and oxygen atoms in total. The van der Waals surface area contributed by atoms with Crippen molar-refractivity contribution in [2.24, 2.45) is 0 Å². The van der Waals surface area contributed by atoms with Crippen molar-refractivity contribution in [3.63, 3.8) is 0 Å². The molecule has 0 rings (SSSR count). The van der Waals surface area contributed by atoms with Crippen molar-refractivity contribution in [1.29, 1.82) is 0 Å². The van der Waals surface area contributed by atoms with Gasteiger partial charge in [0.1, 0.15) is 13.2 Å². The fourth-order valence-electron chi connectivity index (χ4n) is 8.20. The Bertz CT molecular complexity index is 1410. The molecule has 0 spiro atoms. The fraction of sp³-hybridized carbons (Fsp3) is 0.708. The van der Waals surface area contributed by atoms with E-state index < -0.39 is 6.10 Å². The number of rotatable bonds is 53. The number of hydrogen-bond donors (Lipinski definition) is 0. The van der Waals surface area contributed by atoms with E-state index in [9.17, 15) is 14.4 Å². The van der Waals surface area contributed by atoms with Crippen LogP contribution in [0.4, 0.5) is 0 Å². The highest BCUT2D eigenvalue weighted by Gasteiger charge is 2.19. The van der Waals surface area contributed by atoms with E-state index in [1.165, 1.54) is 135 Å². The molecule has 0 aromatic rings. The average Bonchev–Trinajstić information content (AvgIpc) is 3.37.